The number of hydrogen-bond donors (Lipinski definition) is 2. The Hall–Kier alpha value is -1.42. The number of methoxy groups -OCH3 is 1. The third-order valence-corrected chi connectivity index (χ3v) is 4.74. The third kappa shape index (κ3) is 6.10. The highest BCUT2D eigenvalue weighted by atomic mass is 127. The molecular weight excluding hydrogens is 435 g/mol. The topological polar surface area (TPSA) is 88.8 Å². The number of guanidine groups is 1. The minimum atomic E-state index is -0.360. The van der Waals surface area contributed by atoms with Crippen LogP contribution in [-0.2, 0) is 11.3 Å². The Labute approximate surface area is 165 Å². The van der Waals surface area contributed by atoms with E-state index in [2.05, 4.69) is 15.6 Å². The first-order valence-electron chi connectivity index (χ1n) is 8.26. The van der Waals surface area contributed by atoms with Crippen molar-refractivity contribution in [3.05, 3.63) is 39.9 Å². The van der Waals surface area contributed by atoms with E-state index in [4.69, 9.17) is 4.74 Å². The summed E-state index contributed by atoms with van der Waals surface area (Å²) in [6.07, 6.45) is 4.69. The van der Waals surface area contributed by atoms with E-state index in [1.807, 2.05) is 0 Å². The van der Waals surface area contributed by atoms with E-state index in [1.54, 1.807) is 32.4 Å². The maximum Gasteiger partial charge on any atom is 0.274 e. The lowest BCUT2D eigenvalue weighted by Gasteiger charge is -2.42. The van der Waals surface area contributed by atoms with Crippen molar-refractivity contribution in [3.63, 3.8) is 0 Å². The molecule has 0 saturated heterocycles. The van der Waals surface area contributed by atoms with Gasteiger partial charge >= 0.3 is 0 Å². The predicted octanol–water partition coefficient (Wildman–Crippen LogP) is 3.08. The van der Waals surface area contributed by atoms with Gasteiger partial charge in [0.1, 0.15) is 0 Å². The highest BCUT2D eigenvalue weighted by Crippen LogP contribution is 2.43. The van der Waals surface area contributed by atoms with E-state index in [0.29, 0.717) is 18.1 Å². The molecule has 0 atom stereocenters. The normalized spacial score (nSPS) is 15.7. The molecule has 25 heavy (non-hydrogen) atoms. The molecule has 1 aromatic rings. The number of ether oxygens (including phenoxy) is 1. The number of rotatable bonds is 8. The van der Waals surface area contributed by atoms with Gasteiger partial charge in [0.2, 0.25) is 0 Å². The predicted molar refractivity (Wildman–Crippen MR) is 109 cm³/mol. The first-order valence-corrected chi connectivity index (χ1v) is 8.26. The maximum absolute atomic E-state index is 11.1. The number of nitro benzene ring substituents is 1. The van der Waals surface area contributed by atoms with Gasteiger partial charge in [0, 0.05) is 45.5 Å². The van der Waals surface area contributed by atoms with Crippen LogP contribution >= 0.6 is 24.0 Å². The van der Waals surface area contributed by atoms with Crippen LogP contribution in [0.15, 0.2) is 29.3 Å². The summed E-state index contributed by atoms with van der Waals surface area (Å²) in [6.45, 7) is 1.97. The van der Waals surface area contributed by atoms with Crippen LogP contribution in [0.3, 0.4) is 0 Å². The minimum Gasteiger partial charge on any atom is -0.385 e. The number of nitro groups is 1. The summed E-state index contributed by atoms with van der Waals surface area (Å²) in [6, 6.07) is 6.74. The van der Waals surface area contributed by atoms with Gasteiger partial charge in [-0.2, -0.15) is 0 Å². The van der Waals surface area contributed by atoms with Crippen LogP contribution in [0.2, 0.25) is 0 Å². The summed E-state index contributed by atoms with van der Waals surface area (Å²) in [4.78, 5) is 14.9. The standard InChI is InChI=1S/C17H26N4O3.HI/c1-18-16(20-13-17(8-5-9-17)10-11-24-2)19-12-14-6-3-4-7-15(14)21(22)23;/h3-4,6-7H,5,8-13H2,1-2H3,(H2,18,19,20);1H. The Bertz CT molecular complexity index is 591. The van der Waals surface area contributed by atoms with Crippen molar-refractivity contribution in [1.82, 2.24) is 10.6 Å². The molecule has 0 aromatic heterocycles. The number of hydrogen-bond acceptors (Lipinski definition) is 4. The molecule has 2 rings (SSSR count). The SMILES string of the molecule is CN=C(NCc1ccccc1[N+](=O)[O-])NCC1(CCOC)CCC1.I. The Balaban J connectivity index is 0.00000312. The molecule has 140 valence electrons. The highest BCUT2D eigenvalue weighted by Gasteiger charge is 2.36. The highest BCUT2D eigenvalue weighted by molar-refractivity contribution is 14.0. The summed E-state index contributed by atoms with van der Waals surface area (Å²) < 4.78 is 5.21. The molecule has 1 aliphatic carbocycles. The van der Waals surface area contributed by atoms with Gasteiger partial charge in [-0.15, -0.1) is 24.0 Å². The van der Waals surface area contributed by atoms with Gasteiger partial charge in [0.25, 0.3) is 5.69 Å². The molecule has 1 aromatic carbocycles. The number of aliphatic imine (C=N–C) groups is 1. The Morgan fingerprint density at radius 3 is 2.64 bits per heavy atom. The molecule has 0 heterocycles. The van der Waals surface area contributed by atoms with Crippen LogP contribution in [0.25, 0.3) is 0 Å². The van der Waals surface area contributed by atoms with E-state index in [-0.39, 0.29) is 40.0 Å². The zero-order valence-electron chi connectivity index (χ0n) is 14.8. The smallest absolute Gasteiger partial charge is 0.274 e. The van der Waals surface area contributed by atoms with Gasteiger partial charge < -0.3 is 15.4 Å². The van der Waals surface area contributed by atoms with Gasteiger partial charge in [-0.1, -0.05) is 24.6 Å². The number of para-hydroxylation sites is 1. The van der Waals surface area contributed by atoms with Crippen LogP contribution in [-0.4, -0.2) is 38.2 Å². The molecule has 1 aliphatic rings. The van der Waals surface area contributed by atoms with E-state index in [0.717, 1.165) is 19.6 Å². The molecule has 0 amide bonds. The fourth-order valence-electron chi connectivity index (χ4n) is 3.02. The van der Waals surface area contributed by atoms with Crippen LogP contribution in [0.1, 0.15) is 31.2 Å². The van der Waals surface area contributed by atoms with Crippen LogP contribution in [0.5, 0.6) is 0 Å². The molecule has 1 fully saturated rings. The van der Waals surface area contributed by atoms with E-state index >= 15 is 0 Å². The maximum atomic E-state index is 11.1. The average molecular weight is 462 g/mol. The number of nitrogens with one attached hydrogen (secondary N) is 2. The van der Waals surface area contributed by atoms with E-state index in [9.17, 15) is 10.1 Å². The fraction of sp³-hybridized carbons (Fsp3) is 0.588. The molecule has 0 radical (unpaired) electrons. The molecule has 2 N–H and O–H groups in total. The van der Waals surface area contributed by atoms with Crippen molar-refractivity contribution < 1.29 is 9.66 Å². The van der Waals surface area contributed by atoms with E-state index < -0.39 is 0 Å². The zero-order valence-corrected chi connectivity index (χ0v) is 17.1. The van der Waals surface area contributed by atoms with Gasteiger partial charge in [0.05, 0.1) is 4.92 Å². The largest absolute Gasteiger partial charge is 0.385 e. The molecule has 0 aliphatic heterocycles. The summed E-state index contributed by atoms with van der Waals surface area (Å²) in [7, 11) is 3.43. The Morgan fingerprint density at radius 1 is 1.36 bits per heavy atom. The second kappa shape index (κ2) is 10.5. The third-order valence-electron chi connectivity index (χ3n) is 4.74. The second-order valence-corrected chi connectivity index (χ2v) is 6.26. The lowest BCUT2D eigenvalue weighted by atomic mass is 9.67. The van der Waals surface area contributed by atoms with Crippen molar-refractivity contribution >= 4 is 35.6 Å². The summed E-state index contributed by atoms with van der Waals surface area (Å²) in [5.74, 6) is 0.664. The Kier molecular flexibility index (Phi) is 9.12. The first-order chi connectivity index (χ1) is 11.6. The monoisotopic (exact) mass is 462 g/mol. The molecule has 0 bridgehead atoms. The van der Waals surface area contributed by atoms with E-state index in [1.165, 1.54) is 25.3 Å². The van der Waals surface area contributed by atoms with Gasteiger partial charge in [-0.05, 0) is 24.7 Å². The number of nitrogens with zero attached hydrogens (tertiary/aromatic N) is 2. The molecule has 8 heteroatoms. The van der Waals surface area contributed by atoms with Gasteiger partial charge in [-0.25, -0.2) is 0 Å². The first kappa shape index (κ1) is 21.6. The van der Waals surface area contributed by atoms with Crippen molar-refractivity contribution in [2.45, 2.75) is 32.2 Å². The number of halogens is 1. The van der Waals surface area contributed by atoms with Gasteiger partial charge in [-0.3, -0.25) is 15.1 Å². The van der Waals surface area contributed by atoms with Crippen molar-refractivity contribution in [3.8, 4) is 0 Å². The zero-order chi connectivity index (χ0) is 17.4. The van der Waals surface area contributed by atoms with Crippen molar-refractivity contribution in [2.75, 3.05) is 27.3 Å². The second-order valence-electron chi connectivity index (χ2n) is 6.26. The van der Waals surface area contributed by atoms with Crippen LogP contribution < -0.4 is 10.6 Å². The summed E-state index contributed by atoms with van der Waals surface area (Å²) in [5, 5.41) is 17.6. The molecule has 0 spiro atoms. The minimum absolute atomic E-state index is 0. The average Bonchev–Trinajstić information content (AvgIpc) is 2.56. The van der Waals surface area contributed by atoms with Crippen molar-refractivity contribution in [2.24, 2.45) is 10.4 Å². The Morgan fingerprint density at radius 2 is 2.08 bits per heavy atom. The quantitative estimate of drug-likeness (QED) is 0.204. The molecule has 1 saturated carbocycles. The van der Waals surface area contributed by atoms with Crippen LogP contribution in [0, 0.1) is 15.5 Å². The number of benzene rings is 1. The summed E-state index contributed by atoms with van der Waals surface area (Å²) >= 11 is 0. The summed E-state index contributed by atoms with van der Waals surface area (Å²) in [5.41, 5.74) is 1.05. The van der Waals surface area contributed by atoms with Gasteiger partial charge in [0.15, 0.2) is 5.96 Å². The molecule has 7 nitrogen and oxygen atoms in total. The van der Waals surface area contributed by atoms with Crippen molar-refractivity contribution in [1.29, 1.82) is 0 Å². The fourth-order valence-corrected chi connectivity index (χ4v) is 3.02. The lowest BCUT2D eigenvalue weighted by molar-refractivity contribution is -0.385. The lowest BCUT2D eigenvalue weighted by Crippen LogP contribution is -2.46. The van der Waals surface area contributed by atoms with Crippen LogP contribution in [0.4, 0.5) is 5.69 Å². The molecule has 0 unspecified atom stereocenters. The molecular formula is C17H27IN4O3.